The van der Waals surface area contributed by atoms with E-state index in [1.165, 1.54) is 29.6 Å². The van der Waals surface area contributed by atoms with Gasteiger partial charge in [0, 0.05) is 7.05 Å². The van der Waals surface area contributed by atoms with Crippen molar-refractivity contribution in [2.75, 3.05) is 7.05 Å². The maximum absolute atomic E-state index is 14.0. The molecule has 0 aliphatic carbocycles. The van der Waals surface area contributed by atoms with Crippen LogP contribution in [0.4, 0.5) is 18.0 Å². The van der Waals surface area contributed by atoms with Crippen LogP contribution in [0.2, 0.25) is 0 Å². The van der Waals surface area contributed by atoms with Gasteiger partial charge in [0.15, 0.2) is 5.78 Å². The number of halogens is 3. The largest absolute Gasteiger partial charge is 0.478 e. The van der Waals surface area contributed by atoms with Gasteiger partial charge in [0.1, 0.15) is 5.92 Å². The van der Waals surface area contributed by atoms with Crippen LogP contribution in [0.1, 0.15) is 31.6 Å². The fourth-order valence-corrected chi connectivity index (χ4v) is 3.99. The van der Waals surface area contributed by atoms with Gasteiger partial charge in [0.2, 0.25) is 0 Å². The third-order valence-electron chi connectivity index (χ3n) is 4.84. The lowest BCUT2D eigenvalue weighted by Gasteiger charge is -2.49. The van der Waals surface area contributed by atoms with Crippen molar-refractivity contribution in [3.63, 3.8) is 0 Å². The first-order chi connectivity index (χ1) is 13.5. The third kappa shape index (κ3) is 3.36. The Hall–Kier alpha value is -2.92. The van der Waals surface area contributed by atoms with Crippen molar-refractivity contribution in [2.45, 2.75) is 17.9 Å². The maximum Gasteiger partial charge on any atom is 0.437 e. The summed E-state index contributed by atoms with van der Waals surface area (Å²) in [5, 5.41) is 23.5. The van der Waals surface area contributed by atoms with Crippen LogP contribution in [-0.4, -0.2) is 51.8 Å². The van der Waals surface area contributed by atoms with Crippen LogP contribution in [0.3, 0.4) is 0 Å². The molecule has 7 nitrogen and oxygen atoms in total. The first kappa shape index (κ1) is 20.8. The van der Waals surface area contributed by atoms with Crippen molar-refractivity contribution in [3.05, 3.63) is 57.8 Å². The summed E-state index contributed by atoms with van der Waals surface area (Å²) < 4.78 is 41.9. The first-order valence-corrected chi connectivity index (χ1v) is 9.11. The van der Waals surface area contributed by atoms with Gasteiger partial charge in [-0.3, -0.25) is 9.69 Å². The second-order valence-electron chi connectivity index (χ2n) is 6.46. The Kier molecular flexibility index (Phi) is 5.13. The van der Waals surface area contributed by atoms with Gasteiger partial charge in [-0.15, -0.1) is 11.3 Å². The molecule has 1 aliphatic rings. The number of alkyl halides is 3. The molecule has 0 radical (unpaired) electrons. The van der Waals surface area contributed by atoms with Gasteiger partial charge in [-0.2, -0.15) is 13.2 Å². The highest BCUT2D eigenvalue weighted by Gasteiger charge is 2.69. The Morgan fingerprint density at radius 3 is 2.31 bits per heavy atom. The van der Waals surface area contributed by atoms with E-state index >= 15 is 0 Å². The lowest BCUT2D eigenvalue weighted by molar-refractivity contribution is -0.322. The summed E-state index contributed by atoms with van der Waals surface area (Å²) in [6.07, 6.45) is -5.34. The topological polar surface area (TPSA) is 107 Å². The molecular weight excluding hydrogens is 413 g/mol. The van der Waals surface area contributed by atoms with Crippen LogP contribution in [0.5, 0.6) is 0 Å². The van der Waals surface area contributed by atoms with Crippen molar-refractivity contribution in [2.24, 2.45) is 5.92 Å². The van der Waals surface area contributed by atoms with Crippen molar-refractivity contribution in [3.8, 4) is 0 Å². The van der Waals surface area contributed by atoms with E-state index in [0.717, 1.165) is 30.5 Å². The van der Waals surface area contributed by atoms with Gasteiger partial charge in [-0.1, -0.05) is 18.2 Å². The zero-order valence-corrected chi connectivity index (χ0v) is 15.6. The Bertz CT molecular complexity index is 945. The zero-order chi connectivity index (χ0) is 21.6. The average Bonchev–Trinajstić information content (AvgIpc) is 3.19. The number of rotatable bonds is 4. The normalized spacial score (nSPS) is 24.9. The minimum atomic E-state index is -5.34. The number of nitrogens with zero attached hydrogens (tertiary/aromatic N) is 1. The number of hydrogen-bond acceptors (Lipinski definition) is 5. The smallest absolute Gasteiger partial charge is 0.437 e. The van der Waals surface area contributed by atoms with Crippen molar-refractivity contribution in [1.82, 2.24) is 10.2 Å². The second-order valence-corrected chi connectivity index (χ2v) is 7.40. The molecule has 1 aromatic heterocycles. The maximum atomic E-state index is 14.0. The molecule has 0 spiro atoms. The van der Waals surface area contributed by atoms with Gasteiger partial charge in [-0.25, -0.2) is 9.59 Å². The van der Waals surface area contributed by atoms with E-state index in [1.807, 2.05) is 0 Å². The highest BCUT2D eigenvalue weighted by Crippen LogP contribution is 2.47. The Morgan fingerprint density at radius 1 is 1.21 bits per heavy atom. The number of carboxylic acids is 1. The van der Waals surface area contributed by atoms with Gasteiger partial charge in [-0.05, 0) is 29.1 Å². The van der Waals surface area contributed by atoms with Crippen LogP contribution in [-0.2, 0) is 0 Å². The molecule has 0 bridgehead atoms. The number of urea groups is 1. The number of ketones is 1. The molecule has 2 aromatic rings. The molecule has 11 heteroatoms. The van der Waals surface area contributed by atoms with Crippen LogP contribution in [0, 0.1) is 5.92 Å². The first-order valence-electron chi connectivity index (χ1n) is 8.23. The Morgan fingerprint density at radius 2 is 1.83 bits per heavy atom. The van der Waals surface area contributed by atoms with Gasteiger partial charge >= 0.3 is 18.2 Å². The summed E-state index contributed by atoms with van der Waals surface area (Å²) in [4.78, 5) is 36.3. The second kappa shape index (κ2) is 7.16. The monoisotopic (exact) mass is 428 g/mol. The van der Waals surface area contributed by atoms with Crippen molar-refractivity contribution < 1.29 is 37.8 Å². The minimum absolute atomic E-state index is 0.0191. The van der Waals surface area contributed by atoms with E-state index in [-0.39, 0.29) is 20.9 Å². The molecule has 2 heterocycles. The van der Waals surface area contributed by atoms with Crippen molar-refractivity contribution in [1.29, 1.82) is 0 Å². The number of thiophene rings is 1. The number of benzene rings is 1. The molecule has 3 rings (SSSR count). The van der Waals surface area contributed by atoms with E-state index in [0.29, 0.717) is 0 Å². The highest BCUT2D eigenvalue weighted by atomic mass is 32.1. The predicted molar refractivity (Wildman–Crippen MR) is 95.6 cm³/mol. The summed E-state index contributed by atoms with van der Waals surface area (Å²) >= 11 is 0.905. The molecular formula is C18H15F3N2O5S. The fraction of sp³-hybridized carbons (Fsp3) is 0.278. The lowest BCUT2D eigenvalue weighted by atomic mass is 9.77. The summed E-state index contributed by atoms with van der Waals surface area (Å²) in [7, 11) is 0.751. The van der Waals surface area contributed by atoms with Crippen LogP contribution in [0.25, 0.3) is 0 Å². The molecule has 1 aromatic carbocycles. The summed E-state index contributed by atoms with van der Waals surface area (Å²) in [6, 6.07) is 4.71. The number of carbonyl (C=O) groups is 3. The SMILES string of the molecule is CN1C(=O)NC(c2ccc(C(=O)O)cc2)C(C(=O)c2cccs2)C1(O)C(F)(F)F. The number of nitrogens with one attached hydrogen (secondary N) is 1. The molecule has 1 aliphatic heterocycles. The number of aromatic carboxylic acids is 1. The number of Topliss-reactive ketones (excluding diaryl/α,β-unsaturated/α-hetero) is 1. The molecule has 3 atom stereocenters. The van der Waals surface area contributed by atoms with Crippen molar-refractivity contribution >= 4 is 29.1 Å². The fourth-order valence-electron chi connectivity index (χ4n) is 3.29. The molecule has 1 fully saturated rings. The van der Waals surface area contributed by atoms with Gasteiger partial charge in [0.25, 0.3) is 5.72 Å². The Balaban J connectivity index is 2.17. The van der Waals surface area contributed by atoms with E-state index in [4.69, 9.17) is 5.11 Å². The van der Waals surface area contributed by atoms with E-state index < -0.39 is 41.6 Å². The number of amides is 2. The zero-order valence-electron chi connectivity index (χ0n) is 14.8. The van der Waals surface area contributed by atoms with Crippen LogP contribution < -0.4 is 5.32 Å². The third-order valence-corrected chi connectivity index (χ3v) is 5.73. The van der Waals surface area contributed by atoms with E-state index in [9.17, 15) is 32.7 Å². The molecule has 3 N–H and O–H groups in total. The standard InChI is InChI=1S/C18H15F3N2O5S/c1-23-16(27)22-13(9-4-6-10(7-5-9)15(25)26)12(17(23,28)18(19,20)21)14(24)11-3-2-8-29-11/h2-8,12-13,28H,1H3,(H,22,27)(H,25,26). The number of carboxylic acid groups (broad SMARTS) is 1. The minimum Gasteiger partial charge on any atom is -0.478 e. The van der Waals surface area contributed by atoms with Gasteiger partial charge < -0.3 is 15.5 Å². The summed E-state index contributed by atoms with van der Waals surface area (Å²) in [5.41, 5.74) is -3.85. The molecule has 29 heavy (non-hydrogen) atoms. The quantitative estimate of drug-likeness (QED) is 0.650. The Labute approximate surface area is 166 Å². The molecule has 3 unspecified atom stereocenters. The van der Waals surface area contributed by atoms with Gasteiger partial charge in [0.05, 0.1) is 16.5 Å². The molecule has 2 amide bonds. The molecule has 0 saturated carbocycles. The highest BCUT2D eigenvalue weighted by molar-refractivity contribution is 7.12. The summed E-state index contributed by atoms with van der Waals surface area (Å²) in [6.45, 7) is 0. The number of hydrogen-bond donors (Lipinski definition) is 3. The molecule has 154 valence electrons. The lowest BCUT2D eigenvalue weighted by Crippen LogP contribution is -2.72. The van der Waals surface area contributed by atoms with Crippen LogP contribution in [0.15, 0.2) is 41.8 Å². The summed E-state index contributed by atoms with van der Waals surface area (Å²) in [5.74, 6) is -4.37. The number of aliphatic hydroxyl groups is 1. The average molecular weight is 428 g/mol. The van der Waals surface area contributed by atoms with E-state index in [2.05, 4.69) is 5.32 Å². The van der Waals surface area contributed by atoms with E-state index in [1.54, 1.807) is 0 Å². The van der Waals surface area contributed by atoms with Crippen LogP contribution >= 0.6 is 11.3 Å². The molecule has 1 saturated heterocycles. The number of carbonyl (C=O) groups excluding carboxylic acids is 2. The predicted octanol–water partition coefficient (Wildman–Crippen LogP) is 2.89.